The monoisotopic (exact) mass is 279 g/mol. The number of nitrogens with two attached hydrogens (primary N) is 1. The molecule has 0 aliphatic heterocycles. The molecule has 2 aromatic carbocycles. The quantitative estimate of drug-likeness (QED) is 0.559. The normalized spacial score (nSPS) is 12.7. The van der Waals surface area contributed by atoms with Crippen LogP contribution in [0.2, 0.25) is 0 Å². The Labute approximate surface area is 123 Å². The highest BCUT2D eigenvalue weighted by molar-refractivity contribution is 6.22. The van der Waals surface area contributed by atoms with Crippen molar-refractivity contribution in [3.8, 4) is 0 Å². The van der Waals surface area contributed by atoms with Crippen LogP contribution in [0, 0.1) is 0 Å². The number of carbonyl (C=O) groups excluding carboxylic acids is 1. The van der Waals surface area contributed by atoms with E-state index in [1.54, 1.807) is 0 Å². The average molecular weight is 279 g/mol. The van der Waals surface area contributed by atoms with Crippen molar-refractivity contribution in [1.29, 1.82) is 0 Å². The van der Waals surface area contributed by atoms with Crippen LogP contribution < -0.4 is 16.2 Å². The van der Waals surface area contributed by atoms with E-state index in [1.807, 2.05) is 55.4 Å². The number of nitrogens with one attached hydrogen (secondary N) is 1. The van der Waals surface area contributed by atoms with Gasteiger partial charge in [0.05, 0.1) is 11.3 Å². The van der Waals surface area contributed by atoms with E-state index in [0.29, 0.717) is 16.8 Å². The number of rotatable bonds is 2. The highest BCUT2D eigenvalue weighted by Gasteiger charge is 2.30. The molecule has 106 valence electrons. The molecular formula is C17H17N3O. The lowest BCUT2D eigenvalue weighted by Gasteiger charge is -2.27. The highest BCUT2D eigenvalue weighted by atomic mass is 16.1. The van der Waals surface area contributed by atoms with Crippen molar-refractivity contribution in [2.24, 2.45) is 5.84 Å². The van der Waals surface area contributed by atoms with E-state index in [4.69, 9.17) is 5.84 Å². The molecule has 0 radical (unpaired) electrons. The summed E-state index contributed by atoms with van der Waals surface area (Å²) in [5.74, 6) is 5.62. The number of hydrogen-bond acceptors (Lipinski definition) is 4. The van der Waals surface area contributed by atoms with Crippen LogP contribution in [0.3, 0.4) is 0 Å². The zero-order chi connectivity index (χ0) is 15.1. The zero-order valence-corrected chi connectivity index (χ0v) is 12.1. The van der Waals surface area contributed by atoms with Crippen LogP contribution in [0.4, 0.5) is 11.4 Å². The van der Waals surface area contributed by atoms with Crippen molar-refractivity contribution in [2.75, 3.05) is 24.4 Å². The third-order valence-corrected chi connectivity index (χ3v) is 3.85. The largest absolute Gasteiger partial charge is 0.377 e. The minimum Gasteiger partial charge on any atom is -0.377 e. The second kappa shape index (κ2) is 4.75. The summed E-state index contributed by atoms with van der Waals surface area (Å²) in [6.07, 6.45) is 0. The zero-order valence-electron chi connectivity index (χ0n) is 12.1. The van der Waals surface area contributed by atoms with Gasteiger partial charge in [0.1, 0.15) is 0 Å². The van der Waals surface area contributed by atoms with E-state index in [0.717, 1.165) is 22.4 Å². The Morgan fingerprint density at radius 2 is 1.71 bits per heavy atom. The first-order valence-electron chi connectivity index (χ1n) is 6.70. The lowest BCUT2D eigenvalue weighted by atomic mass is 9.80. The molecule has 2 aromatic rings. The Balaban J connectivity index is 2.38. The third-order valence-electron chi connectivity index (χ3n) is 3.85. The molecule has 3 rings (SSSR count). The molecule has 4 nitrogen and oxygen atoms in total. The summed E-state index contributed by atoms with van der Waals surface area (Å²) in [5, 5.41) is 0. The van der Waals surface area contributed by atoms with E-state index in [9.17, 15) is 4.79 Å². The highest BCUT2D eigenvalue weighted by Crippen LogP contribution is 2.42. The molecule has 0 heterocycles. The van der Waals surface area contributed by atoms with Crippen LogP contribution >= 0.6 is 0 Å². The van der Waals surface area contributed by atoms with Crippen molar-refractivity contribution in [3.05, 3.63) is 65.2 Å². The van der Waals surface area contributed by atoms with Gasteiger partial charge in [0.15, 0.2) is 5.78 Å². The van der Waals surface area contributed by atoms with Gasteiger partial charge in [0.2, 0.25) is 0 Å². The van der Waals surface area contributed by atoms with Gasteiger partial charge < -0.3 is 10.3 Å². The molecule has 1 aliphatic rings. The van der Waals surface area contributed by atoms with Gasteiger partial charge in [-0.3, -0.25) is 10.6 Å². The Hall–Kier alpha value is -2.59. The van der Waals surface area contributed by atoms with E-state index in [1.165, 1.54) is 0 Å². The maximum Gasteiger partial charge on any atom is 0.196 e. The Morgan fingerprint density at radius 3 is 2.33 bits per heavy atom. The van der Waals surface area contributed by atoms with Crippen molar-refractivity contribution in [3.63, 3.8) is 0 Å². The van der Waals surface area contributed by atoms with Crippen LogP contribution in [0.15, 0.2) is 43.0 Å². The fourth-order valence-corrected chi connectivity index (χ4v) is 2.84. The maximum absolute atomic E-state index is 12.9. The van der Waals surface area contributed by atoms with Crippen LogP contribution in [-0.4, -0.2) is 19.9 Å². The summed E-state index contributed by atoms with van der Waals surface area (Å²) >= 11 is 0. The smallest absolute Gasteiger partial charge is 0.196 e. The molecule has 0 saturated carbocycles. The minimum absolute atomic E-state index is 0.00815. The number of hydrogen-bond donors (Lipinski definition) is 2. The second-order valence-electron chi connectivity index (χ2n) is 5.27. The average Bonchev–Trinajstić information content (AvgIpc) is 2.51. The molecule has 0 amide bonds. The van der Waals surface area contributed by atoms with Crippen molar-refractivity contribution >= 4 is 22.7 Å². The number of anilines is 2. The summed E-state index contributed by atoms with van der Waals surface area (Å²) in [7, 11) is 3.84. The Morgan fingerprint density at radius 1 is 1.05 bits per heavy atom. The Bertz CT molecular complexity index is 763. The minimum atomic E-state index is 0.00815. The molecule has 0 saturated heterocycles. The first-order valence-corrected chi connectivity index (χ1v) is 6.70. The fraction of sp³-hybridized carbons (Fsp3) is 0.118. The van der Waals surface area contributed by atoms with Gasteiger partial charge in [-0.05, 0) is 23.3 Å². The van der Waals surface area contributed by atoms with Crippen molar-refractivity contribution < 1.29 is 4.79 Å². The first-order chi connectivity index (χ1) is 10.1. The van der Waals surface area contributed by atoms with Crippen LogP contribution in [0.25, 0.3) is 5.57 Å². The van der Waals surface area contributed by atoms with Crippen molar-refractivity contribution in [2.45, 2.75) is 0 Å². The molecule has 0 unspecified atom stereocenters. The lowest BCUT2D eigenvalue weighted by molar-refractivity contribution is 0.103. The molecule has 3 N–H and O–H groups in total. The number of benzene rings is 2. The molecule has 0 bridgehead atoms. The molecular weight excluding hydrogens is 262 g/mol. The van der Waals surface area contributed by atoms with Crippen molar-refractivity contribution in [1.82, 2.24) is 0 Å². The summed E-state index contributed by atoms with van der Waals surface area (Å²) in [4.78, 5) is 14.8. The van der Waals surface area contributed by atoms with E-state index in [-0.39, 0.29) is 5.78 Å². The summed E-state index contributed by atoms with van der Waals surface area (Å²) in [6, 6.07) is 11.3. The van der Waals surface area contributed by atoms with Gasteiger partial charge in [-0.25, -0.2) is 0 Å². The van der Waals surface area contributed by atoms with E-state index < -0.39 is 0 Å². The first kappa shape index (κ1) is 13.4. The predicted octanol–water partition coefficient (Wildman–Crippen LogP) is 2.64. The standard InChI is InChI=1S/C17H17N3O/c1-10-11-6-4-5-7-12(11)17(21)16-14(20(2)3)9-8-13(19-18)15(10)16/h4-9,19H,1,18H2,2-3H3. The fourth-order valence-electron chi connectivity index (χ4n) is 2.84. The lowest BCUT2D eigenvalue weighted by Crippen LogP contribution is -2.22. The number of hydrazine groups is 1. The Kier molecular flexibility index (Phi) is 3.03. The number of ketones is 1. The molecule has 0 spiro atoms. The number of nitrogen functional groups attached to an aromatic ring is 1. The SMILES string of the molecule is C=C1c2ccccc2C(=O)c2c(N(C)C)ccc(NN)c21. The summed E-state index contributed by atoms with van der Waals surface area (Å²) in [6.45, 7) is 4.17. The molecule has 0 atom stereocenters. The second-order valence-corrected chi connectivity index (χ2v) is 5.27. The summed E-state index contributed by atoms with van der Waals surface area (Å²) < 4.78 is 0. The van der Waals surface area contributed by atoms with Gasteiger partial charge in [-0.15, -0.1) is 0 Å². The van der Waals surface area contributed by atoms with Gasteiger partial charge in [0.25, 0.3) is 0 Å². The van der Waals surface area contributed by atoms with Crippen LogP contribution in [0.1, 0.15) is 27.0 Å². The molecule has 4 heteroatoms. The number of fused-ring (bicyclic) bond motifs is 2. The number of carbonyl (C=O) groups is 1. The number of nitrogens with zero attached hydrogens (tertiary/aromatic N) is 1. The molecule has 0 aromatic heterocycles. The maximum atomic E-state index is 12.9. The topological polar surface area (TPSA) is 58.4 Å². The van der Waals surface area contributed by atoms with E-state index >= 15 is 0 Å². The van der Waals surface area contributed by atoms with Gasteiger partial charge in [-0.2, -0.15) is 0 Å². The van der Waals surface area contributed by atoms with E-state index in [2.05, 4.69) is 12.0 Å². The van der Waals surface area contributed by atoms with Crippen LogP contribution in [-0.2, 0) is 0 Å². The molecule has 0 fully saturated rings. The summed E-state index contributed by atoms with van der Waals surface area (Å²) in [5.41, 5.74) is 8.05. The molecule has 1 aliphatic carbocycles. The molecule has 21 heavy (non-hydrogen) atoms. The van der Waals surface area contributed by atoms with Gasteiger partial charge in [-0.1, -0.05) is 30.8 Å². The van der Waals surface area contributed by atoms with Gasteiger partial charge >= 0.3 is 0 Å². The van der Waals surface area contributed by atoms with Gasteiger partial charge in [0, 0.05) is 30.9 Å². The van der Waals surface area contributed by atoms with Crippen LogP contribution in [0.5, 0.6) is 0 Å². The predicted molar refractivity (Wildman–Crippen MR) is 86.6 cm³/mol. The third kappa shape index (κ3) is 1.84.